The lowest BCUT2D eigenvalue weighted by molar-refractivity contribution is 0.0946. The van der Waals surface area contributed by atoms with Gasteiger partial charge in [0.15, 0.2) is 5.69 Å². The molecule has 0 spiro atoms. The lowest BCUT2D eigenvalue weighted by atomic mass is 10.2. The van der Waals surface area contributed by atoms with Crippen LogP contribution in [0.4, 0.5) is 9.39 Å². The van der Waals surface area contributed by atoms with Crippen molar-refractivity contribution < 1.29 is 9.18 Å². The summed E-state index contributed by atoms with van der Waals surface area (Å²) in [6.07, 6.45) is 2.65. The summed E-state index contributed by atoms with van der Waals surface area (Å²) in [4.78, 5) is 29.6. The fourth-order valence-corrected chi connectivity index (χ4v) is 3.71. The quantitative estimate of drug-likeness (QED) is 0.519. The molecule has 0 saturated carbocycles. The van der Waals surface area contributed by atoms with Crippen molar-refractivity contribution in [2.75, 3.05) is 5.73 Å². The van der Waals surface area contributed by atoms with E-state index in [4.69, 9.17) is 17.3 Å². The van der Waals surface area contributed by atoms with E-state index in [1.165, 1.54) is 18.5 Å². The smallest absolute Gasteiger partial charge is 0.282 e. The van der Waals surface area contributed by atoms with Crippen LogP contribution in [-0.4, -0.2) is 20.7 Å². The Kier molecular flexibility index (Phi) is 4.99. The summed E-state index contributed by atoms with van der Waals surface area (Å²) in [5, 5.41) is 9.77. The Labute approximate surface area is 172 Å². The second-order valence-corrected chi connectivity index (χ2v) is 7.43. The number of benzene rings is 1. The van der Waals surface area contributed by atoms with Crippen LogP contribution < -0.4 is 16.6 Å². The first-order valence-electron chi connectivity index (χ1n) is 8.38. The molecule has 0 radical (unpaired) electrons. The van der Waals surface area contributed by atoms with Crippen LogP contribution in [0.1, 0.15) is 16.1 Å². The molecule has 10 heteroatoms. The van der Waals surface area contributed by atoms with Crippen LogP contribution in [-0.2, 0) is 6.54 Å². The Bertz CT molecular complexity index is 1290. The topological polar surface area (TPSA) is 103 Å². The van der Waals surface area contributed by atoms with E-state index in [-0.39, 0.29) is 28.2 Å². The third kappa shape index (κ3) is 3.57. The van der Waals surface area contributed by atoms with Gasteiger partial charge in [-0.3, -0.25) is 14.6 Å². The lowest BCUT2D eigenvalue weighted by Gasteiger charge is -2.10. The fraction of sp³-hybridized carbons (Fsp3) is 0.0526. The van der Waals surface area contributed by atoms with Gasteiger partial charge in [0, 0.05) is 40.3 Å². The number of anilines is 1. The monoisotopic (exact) mass is 428 g/mol. The van der Waals surface area contributed by atoms with Crippen molar-refractivity contribution in [2.24, 2.45) is 0 Å². The molecule has 3 N–H and O–H groups in total. The van der Waals surface area contributed by atoms with Gasteiger partial charge in [0.05, 0.1) is 16.1 Å². The first-order valence-corrected chi connectivity index (χ1v) is 9.64. The molecule has 0 aliphatic carbocycles. The number of carbonyl (C=O) groups excluding carboxylic acids is 1. The molecule has 29 heavy (non-hydrogen) atoms. The van der Waals surface area contributed by atoms with Gasteiger partial charge >= 0.3 is 0 Å². The van der Waals surface area contributed by atoms with Crippen molar-refractivity contribution in [2.45, 2.75) is 6.54 Å². The van der Waals surface area contributed by atoms with Gasteiger partial charge in [0.1, 0.15) is 5.82 Å². The molecule has 0 aliphatic heterocycles. The van der Waals surface area contributed by atoms with Gasteiger partial charge in [-0.2, -0.15) is 9.78 Å². The molecule has 4 rings (SSSR count). The van der Waals surface area contributed by atoms with Crippen LogP contribution in [0.15, 0.2) is 52.9 Å². The van der Waals surface area contributed by atoms with Gasteiger partial charge < -0.3 is 11.1 Å². The summed E-state index contributed by atoms with van der Waals surface area (Å²) in [6.45, 7) is -0.0820. The molecule has 0 atom stereocenters. The molecule has 146 valence electrons. The number of fused-ring (bicyclic) bond motifs is 1. The average molecular weight is 429 g/mol. The maximum Gasteiger partial charge on any atom is 0.282 e. The SMILES string of the molecule is Nc1scc2c(C(=O)NCc3cnccc3[18F])nn(-c3ccc(Cl)cc3)c(=O)c12. The number of hydrogen-bond donors (Lipinski definition) is 2. The second kappa shape index (κ2) is 7.61. The molecule has 0 unspecified atom stereocenters. The maximum atomic E-state index is 13.8. The number of nitrogen functional groups attached to an aromatic ring is 1. The molecule has 0 aliphatic rings. The maximum absolute atomic E-state index is 13.8. The van der Waals surface area contributed by atoms with Crippen molar-refractivity contribution in [3.63, 3.8) is 0 Å². The Morgan fingerprint density at radius 2 is 2.03 bits per heavy atom. The molecule has 0 bridgehead atoms. The molecular formula is C19H13ClFN5O2S. The molecule has 7 nitrogen and oxygen atoms in total. The fourth-order valence-electron chi connectivity index (χ4n) is 2.80. The van der Waals surface area contributed by atoms with E-state index < -0.39 is 17.3 Å². The summed E-state index contributed by atoms with van der Waals surface area (Å²) in [5.74, 6) is -1.05. The molecule has 0 saturated heterocycles. The van der Waals surface area contributed by atoms with Gasteiger partial charge in [0.25, 0.3) is 11.5 Å². The number of carbonyl (C=O) groups is 1. The van der Waals surface area contributed by atoms with Crippen molar-refractivity contribution in [1.82, 2.24) is 20.1 Å². The second-order valence-electron chi connectivity index (χ2n) is 6.08. The van der Waals surface area contributed by atoms with Crippen LogP contribution in [0.5, 0.6) is 0 Å². The number of nitrogens with one attached hydrogen (secondary N) is 1. The number of halogens is 2. The standard InChI is InChI=1S/C19H13ClFN5O2S/c20-11-1-3-12(4-2-11)26-19(28)15-13(9-29-17(15)22)16(25-26)18(27)24-8-10-7-23-6-5-14(10)21/h1-7,9H,8,22H2,(H,24,27)/i21-1. The van der Waals surface area contributed by atoms with Gasteiger partial charge in [-0.25, -0.2) is 4.39 Å². The predicted octanol–water partition coefficient (Wildman–Crippen LogP) is 3.15. The number of nitrogens with zero attached hydrogens (tertiary/aromatic N) is 3. The highest BCUT2D eigenvalue weighted by Gasteiger charge is 2.20. The number of hydrogen-bond acceptors (Lipinski definition) is 6. The summed E-state index contributed by atoms with van der Waals surface area (Å²) in [7, 11) is 0. The average Bonchev–Trinajstić information content (AvgIpc) is 3.10. The Hall–Kier alpha value is -3.30. The largest absolute Gasteiger partial charge is 0.390 e. The van der Waals surface area contributed by atoms with Crippen LogP contribution >= 0.6 is 22.9 Å². The molecule has 1 amide bonds. The van der Waals surface area contributed by atoms with E-state index in [2.05, 4.69) is 15.4 Å². The molecule has 4 aromatic rings. The first-order chi connectivity index (χ1) is 14.0. The van der Waals surface area contributed by atoms with Crippen molar-refractivity contribution in [3.8, 4) is 5.69 Å². The third-order valence-electron chi connectivity index (χ3n) is 4.25. The lowest BCUT2D eigenvalue weighted by Crippen LogP contribution is -2.30. The van der Waals surface area contributed by atoms with Crippen LogP contribution in [0.25, 0.3) is 16.5 Å². The number of pyridine rings is 1. The summed E-state index contributed by atoms with van der Waals surface area (Å²) in [6, 6.07) is 7.64. The molecule has 1 aromatic carbocycles. The Balaban J connectivity index is 1.78. The first kappa shape index (κ1) is 19.0. The number of amides is 1. The molecule has 0 fully saturated rings. The van der Waals surface area contributed by atoms with E-state index in [1.54, 1.807) is 29.6 Å². The van der Waals surface area contributed by atoms with Gasteiger partial charge in [-0.15, -0.1) is 11.3 Å². The van der Waals surface area contributed by atoms with Crippen LogP contribution in [0.2, 0.25) is 5.02 Å². The van der Waals surface area contributed by atoms with Crippen LogP contribution in [0, 0.1) is 5.82 Å². The zero-order valence-electron chi connectivity index (χ0n) is 14.7. The van der Waals surface area contributed by atoms with Crippen molar-refractivity contribution >= 4 is 44.6 Å². The molecule has 3 aromatic heterocycles. The zero-order valence-corrected chi connectivity index (χ0v) is 16.3. The third-order valence-corrected chi connectivity index (χ3v) is 5.31. The summed E-state index contributed by atoms with van der Waals surface area (Å²) in [5.41, 5.74) is 6.19. The van der Waals surface area contributed by atoms with E-state index in [9.17, 15) is 14.0 Å². The Morgan fingerprint density at radius 3 is 2.76 bits per heavy atom. The normalized spacial score (nSPS) is 11.0. The summed E-state index contributed by atoms with van der Waals surface area (Å²) >= 11 is 7.05. The van der Waals surface area contributed by atoms with Gasteiger partial charge in [0.2, 0.25) is 0 Å². The van der Waals surface area contributed by atoms with E-state index in [1.807, 2.05) is 0 Å². The number of nitrogens with two attached hydrogens (primary N) is 1. The number of aromatic nitrogens is 3. The molecule has 3 heterocycles. The van der Waals surface area contributed by atoms with Gasteiger partial charge in [-0.05, 0) is 30.3 Å². The predicted molar refractivity (Wildman–Crippen MR) is 110 cm³/mol. The van der Waals surface area contributed by atoms with Crippen LogP contribution in [0.3, 0.4) is 0 Å². The van der Waals surface area contributed by atoms with E-state index in [0.29, 0.717) is 16.1 Å². The Morgan fingerprint density at radius 1 is 1.28 bits per heavy atom. The minimum atomic E-state index is -0.571. The van der Waals surface area contributed by atoms with Gasteiger partial charge in [-0.1, -0.05) is 11.6 Å². The number of rotatable bonds is 4. The van der Waals surface area contributed by atoms with Crippen molar-refractivity contribution in [1.29, 1.82) is 0 Å². The zero-order chi connectivity index (χ0) is 20.5. The highest BCUT2D eigenvalue weighted by Crippen LogP contribution is 2.27. The minimum Gasteiger partial charge on any atom is -0.390 e. The van der Waals surface area contributed by atoms with E-state index >= 15 is 0 Å². The highest BCUT2D eigenvalue weighted by atomic mass is 35.5. The molecular weight excluding hydrogens is 416 g/mol. The summed E-state index contributed by atoms with van der Waals surface area (Å²) < 4.78 is 14.9. The number of thiophene rings is 1. The van der Waals surface area contributed by atoms with Crippen molar-refractivity contribution in [3.05, 3.63) is 80.6 Å². The van der Waals surface area contributed by atoms with E-state index in [0.717, 1.165) is 16.0 Å². The minimum absolute atomic E-state index is 0.00629. The highest BCUT2D eigenvalue weighted by molar-refractivity contribution is 7.15.